The number of allylic oxidation sites excluding steroid dienone is 8. The van der Waals surface area contributed by atoms with Gasteiger partial charge in [0, 0.05) is 17.4 Å². The van der Waals surface area contributed by atoms with Crippen LogP contribution in [0.3, 0.4) is 0 Å². The van der Waals surface area contributed by atoms with Crippen LogP contribution < -0.4 is 4.74 Å². The second-order valence-corrected chi connectivity index (χ2v) is 10.5. The lowest BCUT2D eigenvalue weighted by Gasteiger charge is -2.29. The van der Waals surface area contributed by atoms with E-state index in [2.05, 4.69) is 108 Å². The van der Waals surface area contributed by atoms with Gasteiger partial charge in [-0.05, 0) is 53.7 Å². The molecule has 1 N–H and O–H groups in total. The molecule has 0 radical (unpaired) electrons. The number of ether oxygens (including phenoxy) is 1. The van der Waals surface area contributed by atoms with Gasteiger partial charge in [-0.1, -0.05) is 119 Å². The van der Waals surface area contributed by atoms with Gasteiger partial charge in [0.1, 0.15) is 11.8 Å². The van der Waals surface area contributed by atoms with Gasteiger partial charge in [-0.15, -0.1) is 0 Å². The minimum atomic E-state index is -0.177. The van der Waals surface area contributed by atoms with Gasteiger partial charge in [-0.3, -0.25) is 0 Å². The molecule has 0 saturated carbocycles. The molecule has 2 aromatic carbocycles. The van der Waals surface area contributed by atoms with E-state index in [1.807, 2.05) is 42.5 Å². The first kappa shape index (κ1) is 27.7. The zero-order valence-corrected chi connectivity index (χ0v) is 22.9. The maximum atomic E-state index is 7.71. The van der Waals surface area contributed by atoms with Crippen LogP contribution in [0.25, 0.3) is 5.57 Å². The molecule has 37 heavy (non-hydrogen) atoms. The minimum absolute atomic E-state index is 0.0346. The molecule has 0 spiro atoms. The SMILES string of the molecule is C=C(/C=C\C=C(\C1=CC#CC(C)C=C1)C(C)C(C)Oc1c(N=N)cccc1C(C)(C)C)c1ccccc1. The van der Waals surface area contributed by atoms with Crippen LogP contribution in [-0.4, -0.2) is 6.10 Å². The van der Waals surface area contributed by atoms with Gasteiger partial charge in [-0.2, -0.15) is 5.11 Å². The quantitative estimate of drug-likeness (QED) is 0.212. The van der Waals surface area contributed by atoms with Crippen LogP contribution in [0.2, 0.25) is 0 Å². The van der Waals surface area contributed by atoms with Crippen molar-refractivity contribution in [1.82, 2.24) is 0 Å². The van der Waals surface area contributed by atoms with E-state index in [1.54, 1.807) is 0 Å². The number of nitrogens with zero attached hydrogens (tertiary/aromatic N) is 1. The van der Waals surface area contributed by atoms with E-state index in [-0.39, 0.29) is 23.4 Å². The average molecular weight is 491 g/mol. The fourth-order valence-electron chi connectivity index (χ4n) is 4.17. The van der Waals surface area contributed by atoms with Crippen molar-refractivity contribution in [3.63, 3.8) is 0 Å². The van der Waals surface area contributed by atoms with Crippen molar-refractivity contribution in [2.24, 2.45) is 17.0 Å². The number of para-hydroxylation sites is 1. The smallest absolute Gasteiger partial charge is 0.150 e. The van der Waals surface area contributed by atoms with Crippen molar-refractivity contribution in [3.05, 3.63) is 114 Å². The predicted molar refractivity (Wildman–Crippen MR) is 156 cm³/mol. The number of rotatable bonds is 9. The first-order chi connectivity index (χ1) is 17.6. The normalized spacial score (nSPS) is 17.3. The summed E-state index contributed by atoms with van der Waals surface area (Å²) in [5, 5.41) is 3.76. The van der Waals surface area contributed by atoms with Crippen molar-refractivity contribution >= 4 is 11.3 Å². The van der Waals surface area contributed by atoms with Gasteiger partial charge < -0.3 is 4.74 Å². The molecule has 0 amide bonds. The number of nitrogens with one attached hydrogen (secondary N) is 1. The summed E-state index contributed by atoms with van der Waals surface area (Å²) in [5.41, 5.74) is 13.4. The second kappa shape index (κ2) is 12.4. The van der Waals surface area contributed by atoms with Crippen LogP contribution in [-0.2, 0) is 5.41 Å². The number of benzene rings is 2. The van der Waals surface area contributed by atoms with Gasteiger partial charge in [0.05, 0.1) is 0 Å². The topological polar surface area (TPSA) is 45.4 Å². The summed E-state index contributed by atoms with van der Waals surface area (Å²) in [6, 6.07) is 16.0. The van der Waals surface area contributed by atoms with Crippen LogP contribution in [0.1, 0.15) is 52.7 Å². The van der Waals surface area contributed by atoms with Crippen LogP contribution in [0.5, 0.6) is 5.75 Å². The van der Waals surface area contributed by atoms with E-state index < -0.39 is 0 Å². The molecule has 0 fully saturated rings. The summed E-state index contributed by atoms with van der Waals surface area (Å²) in [6.07, 6.45) is 12.3. The van der Waals surface area contributed by atoms with Crippen molar-refractivity contribution in [3.8, 4) is 17.6 Å². The Hall–Kier alpha value is -3.90. The fraction of sp³-hybridized carbons (Fsp3) is 0.294. The van der Waals surface area contributed by atoms with Gasteiger partial charge >= 0.3 is 0 Å². The van der Waals surface area contributed by atoms with E-state index in [4.69, 9.17) is 10.3 Å². The molecule has 0 bridgehead atoms. The lowest BCUT2D eigenvalue weighted by Crippen LogP contribution is -2.25. The molecule has 3 heteroatoms. The van der Waals surface area contributed by atoms with E-state index in [0.717, 1.165) is 27.8 Å². The molecule has 1 aliphatic rings. The van der Waals surface area contributed by atoms with Gasteiger partial charge in [0.15, 0.2) is 5.75 Å². The number of hydrogen-bond acceptors (Lipinski definition) is 3. The van der Waals surface area contributed by atoms with Crippen molar-refractivity contribution in [1.29, 1.82) is 5.53 Å². The lowest BCUT2D eigenvalue weighted by atomic mass is 9.85. The maximum Gasteiger partial charge on any atom is 0.150 e. The summed E-state index contributed by atoms with van der Waals surface area (Å²) >= 11 is 0. The second-order valence-electron chi connectivity index (χ2n) is 10.5. The van der Waals surface area contributed by atoms with Gasteiger partial charge in [0.2, 0.25) is 0 Å². The molecule has 1 aliphatic carbocycles. The molecule has 190 valence electrons. The third-order valence-corrected chi connectivity index (χ3v) is 6.58. The van der Waals surface area contributed by atoms with Gasteiger partial charge in [-0.25, -0.2) is 5.53 Å². The van der Waals surface area contributed by atoms with Crippen molar-refractivity contribution in [2.45, 2.75) is 53.1 Å². The maximum absolute atomic E-state index is 7.71. The van der Waals surface area contributed by atoms with Crippen LogP contribution in [0.4, 0.5) is 5.69 Å². The first-order valence-electron chi connectivity index (χ1n) is 12.8. The fourth-order valence-corrected chi connectivity index (χ4v) is 4.17. The molecule has 0 aliphatic heterocycles. The summed E-state index contributed by atoms with van der Waals surface area (Å²) < 4.78 is 6.59. The Morgan fingerprint density at radius 3 is 2.51 bits per heavy atom. The zero-order chi connectivity index (χ0) is 27.0. The summed E-state index contributed by atoms with van der Waals surface area (Å²) in [6.45, 7) is 17.0. The highest BCUT2D eigenvalue weighted by atomic mass is 16.5. The first-order valence-corrected chi connectivity index (χ1v) is 12.8. The van der Waals surface area contributed by atoms with Crippen molar-refractivity contribution in [2.75, 3.05) is 0 Å². The molecular weight excluding hydrogens is 452 g/mol. The lowest BCUT2D eigenvalue weighted by molar-refractivity contribution is 0.176. The Morgan fingerprint density at radius 2 is 1.84 bits per heavy atom. The van der Waals surface area contributed by atoms with Crippen molar-refractivity contribution < 1.29 is 4.74 Å². The molecule has 0 saturated heterocycles. The minimum Gasteiger partial charge on any atom is -0.487 e. The molecule has 3 atom stereocenters. The molecule has 3 nitrogen and oxygen atoms in total. The van der Waals surface area contributed by atoms with Gasteiger partial charge in [0.25, 0.3) is 0 Å². The Bertz CT molecular complexity index is 1310. The summed E-state index contributed by atoms with van der Waals surface area (Å²) in [7, 11) is 0. The average Bonchev–Trinajstić information content (AvgIpc) is 3.10. The Kier molecular flexibility index (Phi) is 9.25. The summed E-state index contributed by atoms with van der Waals surface area (Å²) in [5.74, 6) is 7.35. The highest BCUT2D eigenvalue weighted by Gasteiger charge is 2.26. The van der Waals surface area contributed by atoms with E-state index in [9.17, 15) is 0 Å². The highest BCUT2D eigenvalue weighted by Crippen LogP contribution is 2.40. The molecular formula is C34H38N2O. The molecule has 3 rings (SSSR count). The number of hydrogen-bond donors (Lipinski definition) is 1. The molecule has 3 unspecified atom stereocenters. The largest absolute Gasteiger partial charge is 0.487 e. The third-order valence-electron chi connectivity index (χ3n) is 6.58. The summed E-state index contributed by atoms with van der Waals surface area (Å²) in [4.78, 5) is 0. The third kappa shape index (κ3) is 7.30. The molecule has 0 aromatic heterocycles. The van der Waals surface area contributed by atoms with Crippen LogP contribution >= 0.6 is 0 Å². The monoisotopic (exact) mass is 490 g/mol. The van der Waals surface area contributed by atoms with E-state index in [1.165, 1.54) is 0 Å². The molecule has 0 heterocycles. The standard InChI is InChI=1S/C34H38N2O/c1-24-14-11-18-29(23-22-24)30(19-12-15-25(2)28-16-9-8-10-17-28)26(3)27(4)37-33-31(34(5,6)7)20-13-21-32(33)36-35/h8-10,12-13,15-24,26-27,35H,2H2,1,3-7H3/b15-12-,30-19+,36-35?. The zero-order valence-electron chi connectivity index (χ0n) is 22.9. The Morgan fingerprint density at radius 1 is 1.11 bits per heavy atom. The van der Waals surface area contributed by atoms with Crippen LogP contribution in [0, 0.1) is 29.2 Å². The van der Waals surface area contributed by atoms with E-state index >= 15 is 0 Å². The van der Waals surface area contributed by atoms with Crippen LogP contribution in [0.15, 0.2) is 108 Å². The highest BCUT2D eigenvalue weighted by molar-refractivity contribution is 5.72. The van der Waals surface area contributed by atoms with E-state index in [0.29, 0.717) is 11.4 Å². The Labute approximate surface area is 222 Å². The predicted octanol–water partition coefficient (Wildman–Crippen LogP) is 9.38. The molecule has 2 aromatic rings. The Balaban J connectivity index is 1.96.